The van der Waals surface area contributed by atoms with Crippen LogP contribution in [-0.2, 0) is 4.79 Å². The fourth-order valence-corrected chi connectivity index (χ4v) is 1.57. The van der Waals surface area contributed by atoms with E-state index in [0.717, 1.165) is 12.1 Å². The molecule has 0 amide bonds. The summed E-state index contributed by atoms with van der Waals surface area (Å²) in [6, 6.07) is 0.425. The van der Waals surface area contributed by atoms with Crippen LogP contribution in [0.15, 0.2) is 11.8 Å². The molecule has 1 N–H and O–H groups in total. The predicted molar refractivity (Wildman–Crippen MR) is 49.8 cm³/mol. The molecule has 0 spiro atoms. The minimum atomic E-state index is 0.261. The Labute approximate surface area is 74.0 Å². The molecule has 0 aromatic carbocycles. The molecule has 2 heteroatoms. The summed E-state index contributed by atoms with van der Waals surface area (Å²) in [5.41, 5.74) is 1.11. The highest BCUT2D eigenvalue weighted by Gasteiger charge is 2.16. The van der Waals surface area contributed by atoms with Gasteiger partial charge in [0, 0.05) is 24.2 Å². The van der Waals surface area contributed by atoms with E-state index in [-0.39, 0.29) is 5.78 Å². The van der Waals surface area contributed by atoms with Gasteiger partial charge in [0.25, 0.3) is 0 Å². The molecule has 0 heterocycles. The van der Waals surface area contributed by atoms with Crippen LogP contribution in [-0.4, -0.2) is 11.8 Å². The Hall–Kier alpha value is -0.790. The summed E-state index contributed by atoms with van der Waals surface area (Å²) >= 11 is 0. The molecule has 1 rings (SSSR count). The first-order valence-electron chi connectivity index (χ1n) is 4.58. The van der Waals surface area contributed by atoms with Crippen molar-refractivity contribution in [1.29, 1.82) is 0 Å². The number of carbonyl (C=O) groups excluding carboxylic acids is 1. The largest absolute Gasteiger partial charge is 0.386 e. The summed E-state index contributed by atoms with van der Waals surface area (Å²) in [6.07, 6.45) is 3.48. The quantitative estimate of drug-likeness (QED) is 0.680. The van der Waals surface area contributed by atoms with Gasteiger partial charge in [0.1, 0.15) is 0 Å². The Morgan fingerprint density at radius 1 is 1.50 bits per heavy atom. The van der Waals surface area contributed by atoms with Crippen LogP contribution in [0.4, 0.5) is 0 Å². The minimum absolute atomic E-state index is 0.261. The van der Waals surface area contributed by atoms with Crippen LogP contribution in [0.3, 0.4) is 0 Å². The topological polar surface area (TPSA) is 29.1 Å². The zero-order chi connectivity index (χ0) is 9.14. The van der Waals surface area contributed by atoms with Crippen molar-refractivity contribution >= 4 is 5.78 Å². The van der Waals surface area contributed by atoms with Gasteiger partial charge in [-0.25, -0.2) is 0 Å². The van der Waals surface area contributed by atoms with E-state index in [1.54, 1.807) is 6.08 Å². The number of hydrogen-bond donors (Lipinski definition) is 1. The van der Waals surface area contributed by atoms with E-state index in [1.165, 1.54) is 0 Å². The van der Waals surface area contributed by atoms with E-state index < -0.39 is 0 Å². The summed E-state index contributed by atoms with van der Waals surface area (Å²) in [4.78, 5) is 11.1. The smallest absolute Gasteiger partial charge is 0.157 e. The number of rotatable bonds is 2. The minimum Gasteiger partial charge on any atom is -0.386 e. The lowest BCUT2D eigenvalue weighted by molar-refractivity contribution is -0.115. The first-order valence-corrected chi connectivity index (χ1v) is 4.58. The molecular weight excluding hydrogens is 150 g/mol. The van der Waals surface area contributed by atoms with Gasteiger partial charge in [0.15, 0.2) is 5.78 Å². The Kier molecular flexibility index (Phi) is 2.90. The van der Waals surface area contributed by atoms with E-state index in [1.807, 2.05) is 0 Å². The maximum absolute atomic E-state index is 11.1. The van der Waals surface area contributed by atoms with Crippen molar-refractivity contribution in [2.45, 2.75) is 39.7 Å². The van der Waals surface area contributed by atoms with Crippen molar-refractivity contribution in [1.82, 2.24) is 5.32 Å². The van der Waals surface area contributed by atoms with E-state index in [2.05, 4.69) is 26.1 Å². The third-order valence-corrected chi connectivity index (χ3v) is 1.93. The molecular formula is C10H17NO. The van der Waals surface area contributed by atoms with Crippen LogP contribution in [0.5, 0.6) is 0 Å². The van der Waals surface area contributed by atoms with Gasteiger partial charge in [0.05, 0.1) is 0 Å². The molecule has 0 saturated heterocycles. The second-order valence-corrected chi connectivity index (χ2v) is 3.95. The zero-order valence-electron chi connectivity index (χ0n) is 8.05. The number of hydrogen-bond acceptors (Lipinski definition) is 2. The average Bonchev–Trinajstić information content (AvgIpc) is 1.81. The maximum atomic E-state index is 11.1. The third kappa shape index (κ3) is 2.68. The lowest BCUT2D eigenvalue weighted by Crippen LogP contribution is -2.26. The van der Waals surface area contributed by atoms with Gasteiger partial charge in [0.2, 0.25) is 0 Å². The van der Waals surface area contributed by atoms with Crippen LogP contribution >= 0.6 is 0 Å². The predicted octanol–water partition coefficient (Wildman–Crippen LogP) is 1.87. The molecule has 0 unspecified atom stereocenters. The van der Waals surface area contributed by atoms with Gasteiger partial charge in [-0.3, -0.25) is 4.79 Å². The van der Waals surface area contributed by atoms with Crippen LogP contribution in [0.2, 0.25) is 0 Å². The fraction of sp³-hybridized carbons (Fsp3) is 0.700. The molecule has 68 valence electrons. The van der Waals surface area contributed by atoms with E-state index in [4.69, 9.17) is 0 Å². The molecule has 0 aromatic rings. The highest BCUT2D eigenvalue weighted by Crippen LogP contribution is 2.19. The second-order valence-electron chi connectivity index (χ2n) is 3.95. The molecule has 1 aliphatic rings. The Bertz CT molecular complexity index is 206. The van der Waals surface area contributed by atoms with Crippen molar-refractivity contribution in [2.75, 3.05) is 0 Å². The monoisotopic (exact) mass is 167 g/mol. The molecule has 0 bridgehead atoms. The highest BCUT2D eigenvalue weighted by atomic mass is 16.1. The van der Waals surface area contributed by atoms with Gasteiger partial charge < -0.3 is 5.32 Å². The van der Waals surface area contributed by atoms with Crippen molar-refractivity contribution in [3.8, 4) is 0 Å². The van der Waals surface area contributed by atoms with Crippen molar-refractivity contribution in [3.05, 3.63) is 11.8 Å². The van der Waals surface area contributed by atoms with Crippen LogP contribution in [0.25, 0.3) is 0 Å². The summed E-state index contributed by atoms with van der Waals surface area (Å²) < 4.78 is 0. The van der Waals surface area contributed by atoms with Crippen molar-refractivity contribution in [2.24, 2.45) is 5.92 Å². The lowest BCUT2D eigenvalue weighted by atomic mass is 9.93. The lowest BCUT2D eigenvalue weighted by Gasteiger charge is -2.21. The molecule has 1 atom stereocenters. The second kappa shape index (κ2) is 3.74. The Morgan fingerprint density at radius 3 is 2.67 bits per heavy atom. The Balaban J connectivity index is 2.58. The normalized spacial score (nSPS) is 24.2. The first-order chi connectivity index (χ1) is 5.58. The first kappa shape index (κ1) is 9.30. The summed E-state index contributed by atoms with van der Waals surface area (Å²) in [5.74, 6) is 0.764. The molecule has 0 saturated carbocycles. The number of nitrogens with one attached hydrogen (secondary N) is 1. The third-order valence-electron chi connectivity index (χ3n) is 1.93. The molecule has 12 heavy (non-hydrogen) atoms. The zero-order valence-corrected chi connectivity index (χ0v) is 8.05. The van der Waals surface area contributed by atoms with Crippen LogP contribution in [0, 0.1) is 5.92 Å². The van der Waals surface area contributed by atoms with Gasteiger partial charge in [-0.15, -0.1) is 0 Å². The van der Waals surface area contributed by atoms with Gasteiger partial charge >= 0.3 is 0 Å². The molecule has 1 aliphatic carbocycles. The summed E-state index contributed by atoms with van der Waals surface area (Å²) in [6.45, 7) is 6.29. The highest BCUT2D eigenvalue weighted by molar-refractivity contribution is 5.91. The van der Waals surface area contributed by atoms with Crippen molar-refractivity contribution < 1.29 is 4.79 Å². The number of ketones is 1. The average molecular weight is 167 g/mol. The summed E-state index contributed by atoms with van der Waals surface area (Å²) in [7, 11) is 0. The molecule has 0 aliphatic heterocycles. The Morgan fingerprint density at radius 2 is 2.17 bits per heavy atom. The van der Waals surface area contributed by atoms with Crippen LogP contribution < -0.4 is 5.32 Å². The van der Waals surface area contributed by atoms with E-state index in [0.29, 0.717) is 18.4 Å². The van der Waals surface area contributed by atoms with E-state index >= 15 is 0 Å². The molecule has 0 fully saturated rings. The van der Waals surface area contributed by atoms with Gasteiger partial charge in [-0.05, 0) is 26.2 Å². The van der Waals surface area contributed by atoms with Crippen LogP contribution in [0.1, 0.15) is 33.6 Å². The fourth-order valence-electron chi connectivity index (χ4n) is 1.57. The standard InChI is InChI=1S/C10H17NO/c1-7(2)11-9-4-8(3)5-10(12)6-9/h6-8,11H,4-5H2,1-3H3/t8-/m1/s1. The van der Waals surface area contributed by atoms with Gasteiger partial charge in [-0.1, -0.05) is 6.92 Å². The SMILES string of the molecule is CC(C)NC1=CC(=O)C[C@H](C)C1. The molecule has 2 nitrogen and oxygen atoms in total. The maximum Gasteiger partial charge on any atom is 0.157 e. The van der Waals surface area contributed by atoms with E-state index in [9.17, 15) is 4.79 Å². The number of carbonyl (C=O) groups is 1. The summed E-state index contributed by atoms with van der Waals surface area (Å²) in [5, 5.41) is 3.28. The molecule has 0 radical (unpaired) electrons. The molecule has 0 aromatic heterocycles. The van der Waals surface area contributed by atoms with Crippen molar-refractivity contribution in [3.63, 3.8) is 0 Å². The number of allylic oxidation sites excluding steroid dienone is 2. The van der Waals surface area contributed by atoms with Gasteiger partial charge in [-0.2, -0.15) is 0 Å².